The van der Waals surface area contributed by atoms with Crippen LogP contribution >= 0.6 is 22.9 Å². The molecule has 11 heteroatoms. The smallest absolute Gasteiger partial charge is 0.370 e. The van der Waals surface area contributed by atoms with Crippen molar-refractivity contribution in [1.29, 1.82) is 0 Å². The summed E-state index contributed by atoms with van der Waals surface area (Å²) in [5.74, 6) is -1.87. The number of halogens is 4. The number of amides is 1. The van der Waals surface area contributed by atoms with Gasteiger partial charge in [0, 0.05) is 37.2 Å². The first-order valence-corrected chi connectivity index (χ1v) is 9.98. The fraction of sp³-hybridized carbons (Fsp3) is 0.588. The molecule has 3 atom stereocenters. The predicted molar refractivity (Wildman–Crippen MR) is 96.0 cm³/mol. The molecule has 4 rings (SSSR count). The Morgan fingerprint density at radius 3 is 2.82 bits per heavy atom. The van der Waals surface area contributed by atoms with Crippen LogP contribution in [0, 0.1) is 0 Å². The molecule has 2 aliphatic rings. The molecule has 1 saturated heterocycles. The fourth-order valence-electron chi connectivity index (χ4n) is 4.35. The van der Waals surface area contributed by atoms with Crippen molar-refractivity contribution in [1.82, 2.24) is 19.9 Å². The Kier molecular flexibility index (Phi) is 4.71. The van der Waals surface area contributed by atoms with Gasteiger partial charge in [-0.2, -0.15) is 13.2 Å². The molecule has 1 spiro atoms. The molecule has 0 aromatic carbocycles. The topological polar surface area (TPSA) is 60.2 Å². The normalized spacial score (nSPS) is 27.9. The fourth-order valence-corrected chi connectivity index (χ4v) is 5.69. The largest absolute Gasteiger partial charge is 0.471 e. The highest BCUT2D eigenvalue weighted by atomic mass is 35.5. The van der Waals surface area contributed by atoms with Crippen LogP contribution in [0.4, 0.5) is 13.2 Å². The van der Waals surface area contributed by atoms with Crippen molar-refractivity contribution in [2.45, 2.75) is 50.0 Å². The third-order valence-corrected chi connectivity index (χ3v) is 6.70. The van der Waals surface area contributed by atoms with E-state index in [0.29, 0.717) is 23.1 Å². The van der Waals surface area contributed by atoms with Gasteiger partial charge in [0.05, 0.1) is 28.8 Å². The Balaban J connectivity index is 1.79. The lowest BCUT2D eigenvalue weighted by Gasteiger charge is -2.50. The van der Waals surface area contributed by atoms with Gasteiger partial charge in [-0.15, -0.1) is 16.4 Å². The minimum Gasteiger partial charge on any atom is -0.370 e. The van der Waals surface area contributed by atoms with E-state index < -0.39 is 29.8 Å². The van der Waals surface area contributed by atoms with Gasteiger partial charge in [-0.25, -0.2) is 0 Å². The maximum atomic E-state index is 13.3. The quantitative estimate of drug-likeness (QED) is 0.688. The molecule has 0 radical (unpaired) electrons. The zero-order valence-electron chi connectivity index (χ0n) is 15.2. The van der Waals surface area contributed by atoms with Crippen molar-refractivity contribution >= 4 is 28.8 Å². The molecular weight excluding hydrogens is 417 g/mol. The van der Waals surface area contributed by atoms with Crippen LogP contribution in [0.2, 0.25) is 4.34 Å². The van der Waals surface area contributed by atoms with E-state index in [-0.39, 0.29) is 12.8 Å². The first-order valence-electron chi connectivity index (χ1n) is 8.79. The summed E-state index contributed by atoms with van der Waals surface area (Å²) in [4.78, 5) is 14.2. The molecule has 4 heterocycles. The average molecular weight is 435 g/mol. The summed E-state index contributed by atoms with van der Waals surface area (Å²) in [5, 5.41) is 7.84. The van der Waals surface area contributed by atoms with E-state index in [0.717, 1.165) is 15.3 Å². The zero-order valence-corrected chi connectivity index (χ0v) is 16.7. The second kappa shape index (κ2) is 6.70. The lowest BCUT2D eigenvalue weighted by atomic mass is 9.75. The number of carbonyl (C=O) groups is 1. The van der Waals surface area contributed by atoms with Crippen molar-refractivity contribution in [2.24, 2.45) is 7.05 Å². The second-order valence-corrected chi connectivity index (χ2v) is 9.05. The van der Waals surface area contributed by atoms with Crippen molar-refractivity contribution in [3.05, 3.63) is 32.7 Å². The SMILES string of the molecule is CC1CC2(CC(c3cn(C)nn3)N1C(=O)C(F)(F)F)OCCc1sc(Cl)cc12. The molecule has 28 heavy (non-hydrogen) atoms. The number of piperidine rings is 1. The van der Waals surface area contributed by atoms with Gasteiger partial charge in [-0.05, 0) is 18.6 Å². The summed E-state index contributed by atoms with van der Waals surface area (Å²) in [6.45, 7) is 2.07. The van der Waals surface area contributed by atoms with Crippen LogP contribution in [0.25, 0.3) is 0 Å². The Hall–Kier alpha value is -1.65. The zero-order chi connectivity index (χ0) is 20.3. The molecule has 2 aromatic rings. The van der Waals surface area contributed by atoms with Crippen LogP contribution in [-0.2, 0) is 28.6 Å². The first kappa shape index (κ1) is 19.7. The van der Waals surface area contributed by atoms with Gasteiger partial charge in [0.25, 0.3) is 0 Å². The van der Waals surface area contributed by atoms with Gasteiger partial charge in [-0.1, -0.05) is 16.8 Å². The minimum absolute atomic E-state index is 0.165. The highest BCUT2D eigenvalue weighted by Crippen LogP contribution is 2.52. The van der Waals surface area contributed by atoms with Gasteiger partial charge in [0.15, 0.2) is 0 Å². The maximum Gasteiger partial charge on any atom is 0.471 e. The lowest BCUT2D eigenvalue weighted by Crippen LogP contribution is -2.56. The van der Waals surface area contributed by atoms with Crippen LogP contribution < -0.4 is 0 Å². The van der Waals surface area contributed by atoms with Crippen molar-refractivity contribution < 1.29 is 22.7 Å². The Bertz CT molecular complexity index is 915. The van der Waals surface area contributed by atoms with Crippen LogP contribution in [0.1, 0.15) is 41.9 Å². The Morgan fingerprint density at radius 1 is 1.43 bits per heavy atom. The third kappa shape index (κ3) is 3.21. The molecule has 152 valence electrons. The second-order valence-electron chi connectivity index (χ2n) is 7.28. The number of nitrogens with zero attached hydrogens (tertiary/aromatic N) is 4. The first-order chi connectivity index (χ1) is 13.1. The van der Waals surface area contributed by atoms with E-state index in [2.05, 4.69) is 10.3 Å². The molecular formula is C17H18ClF3N4O2S. The van der Waals surface area contributed by atoms with Crippen LogP contribution in [-0.4, -0.2) is 44.6 Å². The van der Waals surface area contributed by atoms with Crippen LogP contribution in [0.5, 0.6) is 0 Å². The summed E-state index contributed by atoms with van der Waals surface area (Å²) in [6, 6.07) is 0.221. The molecule has 0 aliphatic carbocycles. The standard InChI is InChI=1S/C17H18ClF3N4O2S/c1-9-6-16(10-5-14(18)28-13(10)3-4-27-16)7-12(11-8-24(2)23-22-11)25(9)15(26)17(19,20)21/h5,8-9,12H,3-4,6-7H2,1-2H3. The number of fused-ring (bicyclic) bond motifs is 2. The van der Waals surface area contributed by atoms with E-state index in [9.17, 15) is 18.0 Å². The summed E-state index contributed by atoms with van der Waals surface area (Å²) >= 11 is 7.67. The number of rotatable bonds is 1. The summed E-state index contributed by atoms with van der Waals surface area (Å²) < 4.78 is 48.1. The van der Waals surface area contributed by atoms with E-state index in [1.807, 2.05) is 6.07 Å². The molecule has 1 amide bonds. The number of hydrogen-bond acceptors (Lipinski definition) is 5. The van der Waals surface area contributed by atoms with Crippen LogP contribution in [0.3, 0.4) is 0 Å². The van der Waals surface area contributed by atoms with Gasteiger partial charge in [-0.3, -0.25) is 9.48 Å². The van der Waals surface area contributed by atoms with E-state index in [1.54, 1.807) is 14.0 Å². The summed E-state index contributed by atoms with van der Waals surface area (Å²) in [6.07, 6.45) is -2.30. The Morgan fingerprint density at radius 2 is 2.18 bits per heavy atom. The van der Waals surface area contributed by atoms with Gasteiger partial charge >= 0.3 is 12.1 Å². The molecule has 6 nitrogen and oxygen atoms in total. The van der Waals surface area contributed by atoms with Crippen molar-refractivity contribution in [3.63, 3.8) is 0 Å². The maximum absolute atomic E-state index is 13.3. The predicted octanol–water partition coefficient (Wildman–Crippen LogP) is 3.61. The number of thiophene rings is 1. The highest BCUT2D eigenvalue weighted by molar-refractivity contribution is 7.16. The van der Waals surface area contributed by atoms with E-state index in [1.165, 1.54) is 22.2 Å². The highest BCUT2D eigenvalue weighted by Gasteiger charge is 2.55. The van der Waals surface area contributed by atoms with Gasteiger partial charge in [0.2, 0.25) is 0 Å². The summed E-state index contributed by atoms with van der Waals surface area (Å²) in [5.41, 5.74) is 0.415. The number of aromatic nitrogens is 3. The van der Waals surface area contributed by atoms with E-state index in [4.69, 9.17) is 16.3 Å². The third-order valence-electron chi connectivity index (χ3n) is 5.37. The number of hydrogen-bond donors (Lipinski definition) is 0. The molecule has 0 bridgehead atoms. The van der Waals surface area contributed by atoms with Crippen molar-refractivity contribution in [2.75, 3.05) is 6.61 Å². The van der Waals surface area contributed by atoms with Crippen LogP contribution in [0.15, 0.2) is 12.3 Å². The lowest BCUT2D eigenvalue weighted by molar-refractivity contribution is -0.201. The molecule has 2 aromatic heterocycles. The number of carbonyl (C=O) groups excluding carboxylic acids is 1. The minimum atomic E-state index is -4.97. The molecule has 3 unspecified atom stereocenters. The van der Waals surface area contributed by atoms with Crippen molar-refractivity contribution in [3.8, 4) is 0 Å². The number of likely N-dealkylation sites (tertiary alicyclic amines) is 1. The van der Waals surface area contributed by atoms with Gasteiger partial charge in [0.1, 0.15) is 5.69 Å². The number of alkyl halides is 3. The number of ether oxygens (including phenoxy) is 1. The Labute approximate surface area is 168 Å². The summed E-state index contributed by atoms with van der Waals surface area (Å²) in [7, 11) is 1.63. The molecule has 1 fully saturated rings. The molecule has 0 N–H and O–H groups in total. The van der Waals surface area contributed by atoms with E-state index >= 15 is 0 Å². The molecule has 2 aliphatic heterocycles. The average Bonchev–Trinajstić information content (AvgIpc) is 3.19. The molecule has 0 saturated carbocycles. The number of aryl methyl sites for hydroxylation is 1. The monoisotopic (exact) mass is 434 g/mol. The van der Waals surface area contributed by atoms with Gasteiger partial charge < -0.3 is 9.64 Å².